The normalized spacial score (nSPS) is 23.2. The lowest BCUT2D eigenvalue weighted by atomic mass is 9.81. The average Bonchev–Trinajstić information content (AvgIpc) is 3.14. The van der Waals surface area contributed by atoms with Gasteiger partial charge in [0.05, 0.1) is 65.1 Å². The summed E-state index contributed by atoms with van der Waals surface area (Å²) in [6.45, 7) is 9.69. The Hall–Kier alpha value is -7.29. The fourth-order valence-corrected chi connectivity index (χ4v) is 11.7. The van der Waals surface area contributed by atoms with Gasteiger partial charge in [-0.3, -0.25) is 4.79 Å². The number of hydrogen-bond donors (Lipinski definition) is 2. The molecule has 1 unspecified atom stereocenters. The molecule has 8 aromatic rings. The van der Waals surface area contributed by atoms with E-state index in [2.05, 4.69) is 56.3 Å². The summed E-state index contributed by atoms with van der Waals surface area (Å²) in [6, 6.07) is 71.1. The molecule has 0 saturated carbocycles. The van der Waals surface area contributed by atoms with Crippen LogP contribution in [0.3, 0.4) is 0 Å². The highest BCUT2D eigenvalue weighted by Gasteiger charge is 2.58. The minimum Gasteiger partial charge on any atom is -0.497 e. The van der Waals surface area contributed by atoms with Crippen molar-refractivity contribution < 1.29 is 52.9 Å². The van der Waals surface area contributed by atoms with Crippen LogP contribution in [0, 0.1) is 11.8 Å². The molecule has 444 valence electrons. The van der Waals surface area contributed by atoms with E-state index in [0.29, 0.717) is 44.6 Å². The fraction of sp³-hybridized carbons (Fsp3) is 0.338. The Labute approximate surface area is 502 Å². The molecule has 0 radical (unpaired) electrons. The predicted octanol–water partition coefficient (Wildman–Crippen LogP) is 14.1. The average molecular weight is 1150 g/mol. The van der Waals surface area contributed by atoms with Crippen molar-refractivity contribution in [1.82, 2.24) is 0 Å². The van der Waals surface area contributed by atoms with Crippen LogP contribution in [0.2, 0.25) is 0 Å². The van der Waals surface area contributed by atoms with E-state index in [-0.39, 0.29) is 30.7 Å². The number of ether oxygens (including phenoxy) is 8. The van der Waals surface area contributed by atoms with Gasteiger partial charge in [-0.15, -0.1) is 0 Å². The molecule has 8 aromatic carbocycles. The second-order valence-corrected chi connectivity index (χ2v) is 22.2. The van der Waals surface area contributed by atoms with Gasteiger partial charge in [-0.2, -0.15) is 0 Å². The van der Waals surface area contributed by atoms with Crippen molar-refractivity contribution in [1.29, 1.82) is 0 Å². The lowest BCUT2D eigenvalue weighted by Gasteiger charge is -2.49. The molecule has 0 aromatic heterocycles. The van der Waals surface area contributed by atoms with Crippen LogP contribution in [0.4, 0.5) is 0 Å². The minimum atomic E-state index is -2.26. The number of Topliss-reactive ketones (excluding diaryl/α,β-unsaturated/α-hetero) is 1. The molecule has 10 rings (SSSR count). The summed E-state index contributed by atoms with van der Waals surface area (Å²) in [5, 5.41) is 24.5. The number of rotatable bonds is 24. The third kappa shape index (κ3) is 16.0. The van der Waals surface area contributed by atoms with E-state index < -0.39 is 48.2 Å². The van der Waals surface area contributed by atoms with E-state index >= 15 is 0 Å². The summed E-state index contributed by atoms with van der Waals surface area (Å²) in [7, 11) is 3.30. The molecule has 0 spiro atoms. The highest BCUT2D eigenvalue weighted by atomic mass is 16.7. The van der Waals surface area contributed by atoms with Crippen LogP contribution in [0.25, 0.3) is 0 Å². The van der Waals surface area contributed by atoms with Crippen molar-refractivity contribution in [3.63, 3.8) is 0 Å². The minimum absolute atomic E-state index is 0.0734. The van der Waals surface area contributed by atoms with Crippen LogP contribution in [0.15, 0.2) is 218 Å². The third-order valence-corrected chi connectivity index (χ3v) is 16.5. The highest BCUT2D eigenvalue weighted by molar-refractivity contribution is 6.03. The van der Waals surface area contributed by atoms with Crippen LogP contribution in [0.1, 0.15) is 107 Å². The number of carbonyl (C=O) groups excluding carboxylic acids is 1. The Bertz CT molecular complexity index is 3250. The third-order valence-electron chi connectivity index (χ3n) is 16.5. The van der Waals surface area contributed by atoms with Crippen LogP contribution in [-0.2, 0) is 67.7 Å². The van der Waals surface area contributed by atoms with Gasteiger partial charge in [0.1, 0.15) is 35.9 Å². The highest BCUT2D eigenvalue weighted by Crippen LogP contribution is 2.42. The number of methoxy groups -OCH3 is 2. The van der Waals surface area contributed by atoms with E-state index in [1.54, 1.807) is 26.4 Å². The molecular formula is C74H82O11. The van der Waals surface area contributed by atoms with E-state index in [9.17, 15) is 15.0 Å². The van der Waals surface area contributed by atoms with Crippen LogP contribution >= 0.6 is 0 Å². The van der Waals surface area contributed by atoms with Gasteiger partial charge in [-0.25, -0.2) is 0 Å². The van der Waals surface area contributed by atoms with Crippen LogP contribution < -0.4 is 9.47 Å². The quantitative estimate of drug-likeness (QED) is 0.0561. The maximum atomic E-state index is 14.5. The molecule has 2 heterocycles. The molecule has 11 nitrogen and oxygen atoms in total. The van der Waals surface area contributed by atoms with E-state index in [4.69, 9.17) is 37.9 Å². The van der Waals surface area contributed by atoms with Crippen molar-refractivity contribution >= 4 is 5.78 Å². The van der Waals surface area contributed by atoms with E-state index in [1.165, 1.54) is 0 Å². The maximum absolute atomic E-state index is 14.5. The summed E-state index contributed by atoms with van der Waals surface area (Å²) >= 11 is 0. The van der Waals surface area contributed by atoms with Gasteiger partial charge in [0.15, 0.2) is 0 Å². The Morgan fingerprint density at radius 1 is 0.471 bits per heavy atom. The number of ketones is 1. The Morgan fingerprint density at radius 3 is 1.35 bits per heavy atom. The van der Waals surface area contributed by atoms with Gasteiger partial charge in [0, 0.05) is 17.4 Å². The first kappa shape index (κ1) is 62.2. The summed E-state index contributed by atoms with van der Waals surface area (Å²) < 4.78 is 50.0. The van der Waals surface area contributed by atoms with Crippen molar-refractivity contribution in [2.45, 2.75) is 134 Å². The molecule has 2 saturated heterocycles. The van der Waals surface area contributed by atoms with Crippen molar-refractivity contribution in [2.24, 2.45) is 11.8 Å². The van der Waals surface area contributed by atoms with E-state index in [1.807, 2.05) is 178 Å². The SMILES string of the molecule is CC[C@H]1O[C@@H](C(O)c2ccccc2Cc2ccc(OC)cc2)[C@H](OCc2ccccc2)[C@@H](OCc2ccccc2)[C@@H]1C.CC[C@H]1O[C@@](O)(C(=O)c2ccccc2Cc2ccc(OC)cc2)[C@H](OCc2ccccc2)[C@@H](OCc2ccccc2)[C@@H]1C. The first-order valence-corrected chi connectivity index (χ1v) is 29.8. The molecule has 2 fully saturated rings. The van der Waals surface area contributed by atoms with Gasteiger partial charge in [0.25, 0.3) is 5.79 Å². The van der Waals surface area contributed by atoms with Crippen molar-refractivity contribution in [3.8, 4) is 11.5 Å². The zero-order valence-corrected chi connectivity index (χ0v) is 49.8. The fourth-order valence-electron chi connectivity index (χ4n) is 11.7. The number of aliphatic hydroxyl groups excluding tert-OH is 1. The first-order valence-electron chi connectivity index (χ1n) is 29.8. The monoisotopic (exact) mass is 1150 g/mol. The smallest absolute Gasteiger partial charge is 0.261 e. The Kier molecular flexibility index (Phi) is 22.5. The Morgan fingerprint density at radius 2 is 0.871 bits per heavy atom. The van der Waals surface area contributed by atoms with Gasteiger partial charge in [-0.1, -0.05) is 222 Å². The summed E-state index contributed by atoms with van der Waals surface area (Å²) in [5.74, 6) is -1.28. The molecule has 2 aliphatic heterocycles. The largest absolute Gasteiger partial charge is 0.497 e. The summed E-state index contributed by atoms with van der Waals surface area (Å²) in [5.41, 5.74) is 9.31. The van der Waals surface area contributed by atoms with Crippen LogP contribution in [-0.4, -0.2) is 78.7 Å². The van der Waals surface area contributed by atoms with E-state index in [0.717, 1.165) is 68.0 Å². The molecule has 11 atom stereocenters. The maximum Gasteiger partial charge on any atom is 0.261 e. The first-order chi connectivity index (χ1) is 41.5. The molecule has 0 aliphatic carbocycles. The molecule has 0 bridgehead atoms. The predicted molar refractivity (Wildman–Crippen MR) is 331 cm³/mol. The van der Waals surface area contributed by atoms with Crippen molar-refractivity contribution in [3.05, 3.63) is 274 Å². The number of benzene rings is 8. The second-order valence-electron chi connectivity index (χ2n) is 22.2. The summed E-state index contributed by atoms with van der Waals surface area (Å²) in [6.07, 6.45) is -1.82. The lowest BCUT2D eigenvalue weighted by Crippen LogP contribution is -2.66. The van der Waals surface area contributed by atoms with Gasteiger partial charge < -0.3 is 48.1 Å². The molecule has 2 N–H and O–H groups in total. The van der Waals surface area contributed by atoms with Gasteiger partial charge in [0.2, 0.25) is 5.78 Å². The molecule has 2 aliphatic rings. The number of carbonyl (C=O) groups is 1. The topological polar surface area (TPSA) is 131 Å². The second kappa shape index (κ2) is 30.7. The van der Waals surface area contributed by atoms with Crippen LogP contribution in [0.5, 0.6) is 11.5 Å². The van der Waals surface area contributed by atoms with Gasteiger partial charge in [-0.05, 0) is 100 Å². The lowest BCUT2D eigenvalue weighted by molar-refractivity contribution is -0.326. The zero-order valence-electron chi connectivity index (χ0n) is 49.8. The molecule has 11 heteroatoms. The molecular weight excluding hydrogens is 1060 g/mol. The molecule has 0 amide bonds. The standard InChI is InChI=1S/C37H40O6.C37H42O5/c1-4-33-26(2)34(41-24-28-13-7-5-8-14-28)36(42-25-29-15-9-6-10-16-29)37(39,43-33)35(38)32-18-12-11-17-30(32)23-27-19-21-31(40-3)22-20-27;1-4-33-26(2)35(40-24-28-13-7-5-8-14-28)37(41-25-29-15-9-6-10-16-29)36(42-33)34(38)32-18-12-11-17-30(32)23-27-19-21-31(39-3)22-20-27/h5-22,26,33-34,36,39H,4,23-25H2,1-3H3;5-22,26,33-38H,4,23-25H2,1-3H3/t26-,33-,34+,36-,37+;26-,33-,34?,35+,36+,37-/m11/s1. The van der Waals surface area contributed by atoms with Gasteiger partial charge >= 0.3 is 0 Å². The number of aliphatic hydroxyl groups is 2. The van der Waals surface area contributed by atoms with Crippen molar-refractivity contribution in [2.75, 3.05) is 14.2 Å². The number of hydrogen-bond acceptors (Lipinski definition) is 11. The summed E-state index contributed by atoms with van der Waals surface area (Å²) in [4.78, 5) is 14.5. The Balaban J connectivity index is 0.000000204. The molecule has 85 heavy (non-hydrogen) atoms. The zero-order chi connectivity index (χ0) is 59.5.